The van der Waals surface area contributed by atoms with E-state index in [4.69, 9.17) is 9.15 Å². The lowest BCUT2D eigenvalue weighted by atomic mass is 10.0. The number of hydrogen-bond acceptors (Lipinski definition) is 3. The summed E-state index contributed by atoms with van der Waals surface area (Å²) in [6, 6.07) is 8.48. The highest BCUT2D eigenvalue weighted by Gasteiger charge is 2.41. The van der Waals surface area contributed by atoms with Crippen LogP contribution in [0, 0.1) is 5.41 Å². The normalized spacial score (nSPS) is 18.0. The van der Waals surface area contributed by atoms with E-state index in [0.717, 1.165) is 40.8 Å². The van der Waals surface area contributed by atoms with Gasteiger partial charge in [-0.3, -0.25) is 0 Å². The van der Waals surface area contributed by atoms with Crippen LogP contribution in [-0.2, 0) is 4.74 Å². The first-order chi connectivity index (χ1) is 10.1. The smallest absolute Gasteiger partial charge is 0.134 e. The van der Waals surface area contributed by atoms with Gasteiger partial charge in [-0.15, -0.1) is 0 Å². The second kappa shape index (κ2) is 6.11. The largest absolute Gasteiger partial charge is 0.459 e. The Balaban J connectivity index is 1.63. The molecule has 114 valence electrons. The molecule has 0 saturated heterocycles. The molecule has 0 aliphatic heterocycles. The molecule has 1 aliphatic rings. The fourth-order valence-electron chi connectivity index (χ4n) is 2.73. The summed E-state index contributed by atoms with van der Waals surface area (Å²) in [6.45, 7) is 4.06. The molecular formula is C17H22BrNO2. The summed E-state index contributed by atoms with van der Waals surface area (Å²) in [6.07, 6.45) is 3.77. The van der Waals surface area contributed by atoms with Crippen molar-refractivity contribution in [3.05, 3.63) is 34.5 Å². The lowest BCUT2D eigenvalue weighted by Gasteiger charge is -2.18. The number of methoxy groups -OCH3 is 1. The minimum absolute atomic E-state index is 0.233. The van der Waals surface area contributed by atoms with Crippen LogP contribution in [0.5, 0.6) is 0 Å². The van der Waals surface area contributed by atoms with Crippen molar-refractivity contribution in [1.29, 1.82) is 0 Å². The van der Waals surface area contributed by atoms with E-state index < -0.39 is 0 Å². The van der Waals surface area contributed by atoms with Crippen molar-refractivity contribution < 1.29 is 9.15 Å². The predicted octanol–water partition coefficient (Wildman–Crippen LogP) is 4.66. The lowest BCUT2D eigenvalue weighted by Crippen LogP contribution is -2.27. The maximum absolute atomic E-state index is 5.94. The van der Waals surface area contributed by atoms with E-state index in [2.05, 4.69) is 40.3 Å². The van der Waals surface area contributed by atoms with Gasteiger partial charge in [0.15, 0.2) is 0 Å². The van der Waals surface area contributed by atoms with E-state index in [-0.39, 0.29) is 6.04 Å². The Bertz CT molecular complexity index is 618. The average Bonchev–Trinajstić information content (AvgIpc) is 3.13. The van der Waals surface area contributed by atoms with Crippen LogP contribution in [0.15, 0.2) is 33.2 Å². The van der Waals surface area contributed by atoms with E-state index in [0.29, 0.717) is 5.41 Å². The standard InChI is InChI=1S/C17H22BrNO2/c1-12(19-11-17(5-6-17)7-8-20-2)16-10-13-9-14(18)3-4-15(13)21-16/h3-4,9-10,12,19H,5-8,11H2,1-2H3. The number of halogens is 1. The van der Waals surface area contributed by atoms with Gasteiger partial charge in [-0.25, -0.2) is 0 Å². The quantitative estimate of drug-likeness (QED) is 0.787. The Morgan fingerprint density at radius 2 is 2.19 bits per heavy atom. The van der Waals surface area contributed by atoms with Gasteiger partial charge >= 0.3 is 0 Å². The molecule has 0 bridgehead atoms. The molecule has 4 heteroatoms. The number of furan rings is 1. The number of rotatable bonds is 7. The summed E-state index contributed by atoms with van der Waals surface area (Å²) in [4.78, 5) is 0. The van der Waals surface area contributed by atoms with Gasteiger partial charge in [0.2, 0.25) is 0 Å². The Kier molecular flexibility index (Phi) is 4.38. The molecule has 0 spiro atoms. The monoisotopic (exact) mass is 351 g/mol. The zero-order valence-corrected chi connectivity index (χ0v) is 14.2. The SMILES string of the molecule is COCCC1(CNC(C)c2cc3cc(Br)ccc3o2)CC1. The van der Waals surface area contributed by atoms with Crippen molar-refractivity contribution in [3.63, 3.8) is 0 Å². The van der Waals surface area contributed by atoms with Crippen LogP contribution >= 0.6 is 15.9 Å². The molecule has 3 rings (SSSR count). The highest BCUT2D eigenvalue weighted by Crippen LogP contribution is 2.48. The molecule has 1 aliphatic carbocycles. The van der Waals surface area contributed by atoms with E-state index >= 15 is 0 Å². The van der Waals surface area contributed by atoms with Crippen LogP contribution in [0.1, 0.15) is 38.0 Å². The van der Waals surface area contributed by atoms with Gasteiger partial charge in [-0.2, -0.15) is 0 Å². The predicted molar refractivity (Wildman–Crippen MR) is 88.5 cm³/mol. The van der Waals surface area contributed by atoms with Gasteiger partial charge in [0.25, 0.3) is 0 Å². The molecule has 1 aromatic heterocycles. The van der Waals surface area contributed by atoms with Crippen LogP contribution in [-0.4, -0.2) is 20.3 Å². The number of nitrogens with one attached hydrogen (secondary N) is 1. The molecule has 1 N–H and O–H groups in total. The molecule has 0 radical (unpaired) electrons. The zero-order chi connectivity index (χ0) is 14.9. The van der Waals surface area contributed by atoms with Crippen LogP contribution in [0.2, 0.25) is 0 Å². The van der Waals surface area contributed by atoms with Crippen molar-refractivity contribution in [2.24, 2.45) is 5.41 Å². The Labute approximate surface area is 134 Å². The first-order valence-corrected chi connectivity index (χ1v) is 8.33. The minimum atomic E-state index is 0.233. The van der Waals surface area contributed by atoms with E-state index in [1.165, 1.54) is 12.8 Å². The third-order valence-electron chi connectivity index (χ3n) is 4.50. The van der Waals surface area contributed by atoms with Crippen LogP contribution in [0.25, 0.3) is 11.0 Å². The van der Waals surface area contributed by atoms with Gasteiger partial charge in [0, 0.05) is 30.1 Å². The van der Waals surface area contributed by atoms with E-state index in [1.807, 2.05) is 12.1 Å². The second-order valence-electron chi connectivity index (χ2n) is 6.18. The van der Waals surface area contributed by atoms with Gasteiger partial charge in [-0.05, 0) is 55.9 Å². The summed E-state index contributed by atoms with van der Waals surface area (Å²) < 4.78 is 12.2. The first-order valence-electron chi connectivity index (χ1n) is 7.53. The van der Waals surface area contributed by atoms with Crippen molar-refractivity contribution in [2.45, 2.75) is 32.2 Å². The molecule has 1 unspecified atom stereocenters. The molecule has 3 nitrogen and oxygen atoms in total. The summed E-state index contributed by atoms with van der Waals surface area (Å²) in [5.41, 5.74) is 1.40. The van der Waals surface area contributed by atoms with Crippen LogP contribution in [0.3, 0.4) is 0 Å². The number of benzene rings is 1. The van der Waals surface area contributed by atoms with E-state index in [9.17, 15) is 0 Å². The maximum Gasteiger partial charge on any atom is 0.134 e. The fourth-order valence-corrected chi connectivity index (χ4v) is 3.11. The molecule has 1 fully saturated rings. The molecule has 1 saturated carbocycles. The third-order valence-corrected chi connectivity index (χ3v) is 4.99. The zero-order valence-electron chi connectivity index (χ0n) is 12.6. The Morgan fingerprint density at radius 3 is 2.90 bits per heavy atom. The fraction of sp³-hybridized carbons (Fsp3) is 0.529. The Morgan fingerprint density at radius 1 is 1.38 bits per heavy atom. The van der Waals surface area contributed by atoms with Gasteiger partial charge in [0.05, 0.1) is 6.04 Å². The summed E-state index contributed by atoms with van der Waals surface area (Å²) in [5.74, 6) is 1.01. The van der Waals surface area contributed by atoms with Gasteiger partial charge < -0.3 is 14.5 Å². The molecule has 1 heterocycles. The lowest BCUT2D eigenvalue weighted by molar-refractivity contribution is 0.170. The molecular weight excluding hydrogens is 330 g/mol. The third kappa shape index (κ3) is 3.50. The molecule has 21 heavy (non-hydrogen) atoms. The number of fused-ring (bicyclic) bond motifs is 1. The molecule has 1 aromatic carbocycles. The highest BCUT2D eigenvalue weighted by molar-refractivity contribution is 9.10. The minimum Gasteiger partial charge on any atom is -0.459 e. The summed E-state index contributed by atoms with van der Waals surface area (Å²) in [5, 5.41) is 4.77. The highest BCUT2D eigenvalue weighted by atomic mass is 79.9. The first kappa shape index (κ1) is 15.1. The van der Waals surface area contributed by atoms with Crippen molar-refractivity contribution in [3.8, 4) is 0 Å². The number of hydrogen-bond donors (Lipinski definition) is 1. The number of ether oxygens (including phenoxy) is 1. The van der Waals surface area contributed by atoms with Crippen LogP contribution < -0.4 is 5.32 Å². The van der Waals surface area contributed by atoms with Crippen molar-refractivity contribution in [1.82, 2.24) is 5.32 Å². The van der Waals surface area contributed by atoms with Crippen molar-refractivity contribution in [2.75, 3.05) is 20.3 Å². The van der Waals surface area contributed by atoms with Gasteiger partial charge in [-0.1, -0.05) is 15.9 Å². The summed E-state index contributed by atoms with van der Waals surface area (Å²) in [7, 11) is 1.78. The van der Waals surface area contributed by atoms with E-state index in [1.54, 1.807) is 7.11 Å². The second-order valence-corrected chi connectivity index (χ2v) is 7.09. The molecule has 2 aromatic rings. The molecule has 1 atom stereocenters. The maximum atomic E-state index is 5.94. The van der Waals surface area contributed by atoms with Crippen molar-refractivity contribution >= 4 is 26.9 Å². The van der Waals surface area contributed by atoms with Gasteiger partial charge in [0.1, 0.15) is 11.3 Å². The molecule has 0 amide bonds. The Hall–Kier alpha value is -0.840. The average molecular weight is 352 g/mol. The summed E-state index contributed by atoms with van der Waals surface area (Å²) >= 11 is 3.50. The topological polar surface area (TPSA) is 34.4 Å². The van der Waals surface area contributed by atoms with Crippen LogP contribution in [0.4, 0.5) is 0 Å².